The van der Waals surface area contributed by atoms with Crippen molar-refractivity contribution in [1.82, 2.24) is 14.9 Å². The summed E-state index contributed by atoms with van der Waals surface area (Å²) in [5.41, 5.74) is 2.19. The molecule has 5 heteroatoms. The average molecular weight is 303 g/mol. The maximum absolute atomic E-state index is 5.74. The van der Waals surface area contributed by atoms with E-state index < -0.39 is 0 Å². The molecule has 0 bridgehead atoms. The van der Waals surface area contributed by atoms with E-state index in [1.807, 2.05) is 6.20 Å². The SMILES string of the molecule is ClCc1cnc(N2CCN(Cc3ccccc3)CC2)cn1. The van der Waals surface area contributed by atoms with Crippen LogP contribution in [0, 0.1) is 0 Å². The number of halogens is 1. The molecule has 2 heterocycles. The van der Waals surface area contributed by atoms with Crippen LogP contribution in [0.1, 0.15) is 11.3 Å². The molecule has 0 N–H and O–H groups in total. The smallest absolute Gasteiger partial charge is 0.147 e. The molecule has 110 valence electrons. The van der Waals surface area contributed by atoms with Crippen molar-refractivity contribution in [1.29, 1.82) is 0 Å². The lowest BCUT2D eigenvalue weighted by atomic mass is 10.2. The molecule has 0 radical (unpaired) electrons. The maximum Gasteiger partial charge on any atom is 0.147 e. The number of benzene rings is 1. The molecule has 1 aliphatic rings. The van der Waals surface area contributed by atoms with Gasteiger partial charge in [0, 0.05) is 32.7 Å². The van der Waals surface area contributed by atoms with Crippen molar-refractivity contribution in [3.05, 3.63) is 54.0 Å². The van der Waals surface area contributed by atoms with Gasteiger partial charge in [-0.2, -0.15) is 0 Å². The number of anilines is 1. The summed E-state index contributed by atoms with van der Waals surface area (Å²) >= 11 is 5.74. The molecule has 2 aromatic rings. The predicted octanol–water partition coefficient (Wildman–Crippen LogP) is 2.54. The third kappa shape index (κ3) is 3.71. The second kappa shape index (κ2) is 6.87. The topological polar surface area (TPSA) is 32.3 Å². The zero-order valence-electron chi connectivity index (χ0n) is 12.0. The fraction of sp³-hybridized carbons (Fsp3) is 0.375. The van der Waals surface area contributed by atoms with Gasteiger partial charge in [-0.05, 0) is 5.56 Å². The standard InChI is InChI=1S/C16H19ClN4/c17-10-15-11-19-16(12-18-15)21-8-6-20(7-9-21)13-14-4-2-1-3-5-14/h1-5,11-12H,6-10,13H2. The molecule has 0 amide bonds. The molecule has 0 saturated carbocycles. The Balaban J connectivity index is 1.54. The number of piperazine rings is 1. The van der Waals surface area contributed by atoms with E-state index in [4.69, 9.17) is 11.6 Å². The lowest BCUT2D eigenvalue weighted by molar-refractivity contribution is 0.249. The van der Waals surface area contributed by atoms with Crippen molar-refractivity contribution in [2.45, 2.75) is 12.4 Å². The molecule has 1 aromatic heterocycles. The van der Waals surface area contributed by atoms with Crippen LogP contribution in [-0.4, -0.2) is 41.0 Å². The second-order valence-electron chi connectivity index (χ2n) is 5.25. The highest BCUT2D eigenvalue weighted by Crippen LogP contribution is 2.14. The van der Waals surface area contributed by atoms with Crippen molar-refractivity contribution in [2.75, 3.05) is 31.1 Å². The van der Waals surface area contributed by atoms with Crippen LogP contribution >= 0.6 is 11.6 Å². The predicted molar refractivity (Wildman–Crippen MR) is 85.5 cm³/mol. The van der Waals surface area contributed by atoms with Gasteiger partial charge in [0.25, 0.3) is 0 Å². The summed E-state index contributed by atoms with van der Waals surface area (Å²) in [7, 11) is 0. The van der Waals surface area contributed by atoms with Crippen molar-refractivity contribution in [3.63, 3.8) is 0 Å². The Hall–Kier alpha value is -1.65. The van der Waals surface area contributed by atoms with Gasteiger partial charge in [-0.25, -0.2) is 4.98 Å². The van der Waals surface area contributed by atoms with Gasteiger partial charge in [0.15, 0.2) is 0 Å². The normalized spacial score (nSPS) is 16.1. The summed E-state index contributed by atoms with van der Waals surface area (Å²) in [4.78, 5) is 13.5. The lowest BCUT2D eigenvalue weighted by Gasteiger charge is -2.35. The van der Waals surface area contributed by atoms with Crippen LogP contribution in [0.25, 0.3) is 0 Å². The first-order valence-corrected chi connectivity index (χ1v) is 7.77. The Morgan fingerprint density at radius 3 is 2.33 bits per heavy atom. The van der Waals surface area contributed by atoms with Gasteiger partial charge >= 0.3 is 0 Å². The van der Waals surface area contributed by atoms with Gasteiger partial charge in [-0.1, -0.05) is 30.3 Å². The van der Waals surface area contributed by atoms with E-state index in [2.05, 4.69) is 50.1 Å². The molecule has 0 aliphatic carbocycles. The van der Waals surface area contributed by atoms with E-state index in [1.54, 1.807) is 6.20 Å². The van der Waals surface area contributed by atoms with Gasteiger partial charge < -0.3 is 4.90 Å². The van der Waals surface area contributed by atoms with Gasteiger partial charge in [0.05, 0.1) is 24.0 Å². The summed E-state index contributed by atoms with van der Waals surface area (Å²) in [6.07, 6.45) is 3.59. The first-order valence-electron chi connectivity index (χ1n) is 7.23. The van der Waals surface area contributed by atoms with Gasteiger partial charge in [0.2, 0.25) is 0 Å². The number of hydrogen-bond donors (Lipinski definition) is 0. The largest absolute Gasteiger partial charge is 0.353 e. The third-order valence-corrected chi connectivity index (χ3v) is 4.05. The van der Waals surface area contributed by atoms with Crippen LogP contribution in [0.4, 0.5) is 5.82 Å². The van der Waals surface area contributed by atoms with Crippen molar-refractivity contribution >= 4 is 17.4 Å². The Bertz CT molecular complexity index is 550. The molecule has 0 atom stereocenters. The average Bonchev–Trinajstić information content (AvgIpc) is 2.57. The summed E-state index contributed by atoms with van der Waals surface area (Å²) in [6, 6.07) is 10.6. The highest BCUT2D eigenvalue weighted by Gasteiger charge is 2.18. The fourth-order valence-corrected chi connectivity index (χ4v) is 2.69. The first-order chi connectivity index (χ1) is 10.3. The molecular formula is C16H19ClN4. The summed E-state index contributed by atoms with van der Waals surface area (Å²) in [6.45, 7) is 5.09. The number of nitrogens with zero attached hydrogens (tertiary/aromatic N) is 4. The van der Waals surface area contributed by atoms with E-state index in [-0.39, 0.29) is 0 Å². The quantitative estimate of drug-likeness (QED) is 0.813. The molecule has 1 saturated heterocycles. The van der Waals surface area contributed by atoms with Crippen molar-refractivity contribution in [2.24, 2.45) is 0 Å². The molecular weight excluding hydrogens is 284 g/mol. The first kappa shape index (κ1) is 14.3. The van der Waals surface area contributed by atoms with E-state index in [9.17, 15) is 0 Å². The number of hydrogen-bond acceptors (Lipinski definition) is 4. The number of alkyl halides is 1. The second-order valence-corrected chi connectivity index (χ2v) is 5.52. The minimum absolute atomic E-state index is 0.415. The van der Waals surface area contributed by atoms with Crippen LogP contribution in [0.15, 0.2) is 42.7 Å². The van der Waals surface area contributed by atoms with Gasteiger partial charge in [0.1, 0.15) is 5.82 Å². The highest BCUT2D eigenvalue weighted by molar-refractivity contribution is 6.16. The van der Waals surface area contributed by atoms with Crippen molar-refractivity contribution in [3.8, 4) is 0 Å². The van der Waals surface area contributed by atoms with Crippen LogP contribution < -0.4 is 4.90 Å². The molecule has 21 heavy (non-hydrogen) atoms. The zero-order chi connectivity index (χ0) is 14.5. The minimum atomic E-state index is 0.415. The fourth-order valence-electron chi connectivity index (χ4n) is 2.56. The Morgan fingerprint density at radius 1 is 0.952 bits per heavy atom. The maximum atomic E-state index is 5.74. The molecule has 1 aromatic carbocycles. The molecule has 1 aliphatic heterocycles. The summed E-state index contributed by atoms with van der Waals surface area (Å²) in [5.74, 6) is 1.36. The monoisotopic (exact) mass is 302 g/mol. The summed E-state index contributed by atoms with van der Waals surface area (Å²) in [5, 5.41) is 0. The van der Waals surface area contributed by atoms with Crippen LogP contribution in [0.2, 0.25) is 0 Å². The Labute approximate surface area is 130 Å². The molecule has 0 spiro atoms. The van der Waals surface area contributed by atoms with Crippen LogP contribution in [0.5, 0.6) is 0 Å². The molecule has 1 fully saturated rings. The highest BCUT2D eigenvalue weighted by atomic mass is 35.5. The number of aromatic nitrogens is 2. The molecule has 0 unspecified atom stereocenters. The van der Waals surface area contributed by atoms with E-state index in [1.165, 1.54) is 5.56 Å². The molecule has 4 nitrogen and oxygen atoms in total. The lowest BCUT2D eigenvalue weighted by Crippen LogP contribution is -2.46. The van der Waals surface area contributed by atoms with Crippen LogP contribution in [0.3, 0.4) is 0 Å². The van der Waals surface area contributed by atoms with Crippen LogP contribution in [-0.2, 0) is 12.4 Å². The minimum Gasteiger partial charge on any atom is -0.353 e. The third-order valence-electron chi connectivity index (χ3n) is 3.77. The summed E-state index contributed by atoms with van der Waals surface area (Å²) < 4.78 is 0. The van der Waals surface area contributed by atoms with Gasteiger partial charge in [-0.3, -0.25) is 9.88 Å². The van der Waals surface area contributed by atoms with E-state index in [0.717, 1.165) is 44.2 Å². The Morgan fingerprint density at radius 2 is 1.71 bits per heavy atom. The van der Waals surface area contributed by atoms with E-state index >= 15 is 0 Å². The van der Waals surface area contributed by atoms with Gasteiger partial charge in [-0.15, -0.1) is 11.6 Å². The number of rotatable bonds is 4. The van der Waals surface area contributed by atoms with Crippen molar-refractivity contribution < 1.29 is 0 Å². The Kier molecular flexibility index (Phi) is 4.68. The molecule has 3 rings (SSSR count). The zero-order valence-corrected chi connectivity index (χ0v) is 12.7. The van der Waals surface area contributed by atoms with E-state index in [0.29, 0.717) is 5.88 Å².